The predicted molar refractivity (Wildman–Crippen MR) is 77.6 cm³/mol. The highest BCUT2D eigenvalue weighted by molar-refractivity contribution is 5.97. The molecule has 0 aromatic heterocycles. The molecule has 1 fully saturated rings. The lowest BCUT2D eigenvalue weighted by Gasteiger charge is -2.04. The molecule has 1 N–H and O–H groups in total. The van der Waals surface area contributed by atoms with Crippen LogP contribution in [0.2, 0.25) is 0 Å². The molecule has 0 saturated carbocycles. The van der Waals surface area contributed by atoms with E-state index in [1.54, 1.807) is 6.08 Å². The Hall–Kier alpha value is -1.41. The maximum absolute atomic E-state index is 11.7. The number of aryl methyl sites for hydroxylation is 1. The number of carbonyl (C=O) groups is 1. The maximum atomic E-state index is 11.7. The first-order chi connectivity index (χ1) is 8.75. The molecule has 1 unspecified atom stereocenters. The van der Waals surface area contributed by atoms with Gasteiger partial charge in [-0.3, -0.25) is 4.79 Å². The highest BCUT2D eigenvalue weighted by Gasteiger charge is 2.19. The zero-order valence-corrected chi connectivity index (χ0v) is 11.6. The lowest BCUT2D eigenvalue weighted by molar-refractivity contribution is -0.116. The molecule has 2 rings (SSSR count). The van der Waals surface area contributed by atoms with Crippen LogP contribution in [0.5, 0.6) is 0 Å². The summed E-state index contributed by atoms with van der Waals surface area (Å²) < 4.78 is 0. The van der Waals surface area contributed by atoms with Crippen molar-refractivity contribution in [3.63, 3.8) is 0 Å². The minimum absolute atomic E-state index is 0.0432. The first-order valence-corrected chi connectivity index (χ1v) is 6.78. The van der Waals surface area contributed by atoms with Crippen molar-refractivity contribution in [2.75, 3.05) is 6.54 Å². The molecule has 18 heavy (non-hydrogen) atoms. The van der Waals surface area contributed by atoms with E-state index in [0.717, 1.165) is 24.9 Å². The Morgan fingerprint density at radius 1 is 1.28 bits per heavy atom. The van der Waals surface area contributed by atoms with Crippen molar-refractivity contribution in [1.82, 2.24) is 5.32 Å². The van der Waals surface area contributed by atoms with Crippen LogP contribution in [0.3, 0.4) is 0 Å². The molecule has 0 spiro atoms. The van der Waals surface area contributed by atoms with Crippen LogP contribution in [0.15, 0.2) is 30.3 Å². The Bertz CT molecular complexity index is 386. The van der Waals surface area contributed by atoms with Crippen LogP contribution in [0.4, 0.5) is 0 Å². The van der Waals surface area contributed by atoms with Gasteiger partial charge in [0.2, 0.25) is 0 Å². The molecule has 1 saturated heterocycles. The molecular formula is C16H23NO. The average Bonchev–Trinajstić information content (AvgIpc) is 2.94. The van der Waals surface area contributed by atoms with E-state index >= 15 is 0 Å². The average molecular weight is 245 g/mol. The summed E-state index contributed by atoms with van der Waals surface area (Å²) in [5, 5.41) is 3.20. The molecule has 1 heterocycles. The summed E-state index contributed by atoms with van der Waals surface area (Å²) in [4.78, 5) is 11.7. The molecule has 0 bridgehead atoms. The second-order valence-electron chi connectivity index (χ2n) is 4.30. The van der Waals surface area contributed by atoms with E-state index in [1.807, 2.05) is 32.1 Å². The number of ketones is 1. The Balaban J connectivity index is 0.000000771. The van der Waals surface area contributed by atoms with E-state index in [9.17, 15) is 4.79 Å². The third-order valence-electron chi connectivity index (χ3n) is 2.92. The van der Waals surface area contributed by atoms with Gasteiger partial charge in [0.15, 0.2) is 5.78 Å². The van der Waals surface area contributed by atoms with Crippen LogP contribution >= 0.6 is 0 Å². The minimum atomic E-state index is 0.0432. The van der Waals surface area contributed by atoms with Gasteiger partial charge in [0.05, 0.1) is 6.04 Å². The standard InChI is InChI=1S/C14H17NO.C2H6/c1-11-4-6-12(7-5-11)8-9-14(16)13-3-2-10-15-13;1-2/h4-9,13,15H,2-3,10H2,1H3;1-2H3/b9-8+;. The van der Waals surface area contributed by atoms with Crippen molar-refractivity contribution in [1.29, 1.82) is 0 Å². The maximum Gasteiger partial charge on any atom is 0.172 e. The van der Waals surface area contributed by atoms with Gasteiger partial charge in [0.1, 0.15) is 0 Å². The van der Waals surface area contributed by atoms with Gasteiger partial charge >= 0.3 is 0 Å². The van der Waals surface area contributed by atoms with Crippen LogP contribution in [-0.2, 0) is 4.79 Å². The smallest absolute Gasteiger partial charge is 0.172 e. The van der Waals surface area contributed by atoms with Gasteiger partial charge in [-0.15, -0.1) is 0 Å². The molecular weight excluding hydrogens is 222 g/mol. The van der Waals surface area contributed by atoms with Crippen LogP contribution in [0.25, 0.3) is 6.08 Å². The molecule has 0 amide bonds. The number of rotatable bonds is 3. The molecule has 1 aliphatic rings. The number of carbonyl (C=O) groups excluding carboxylic acids is 1. The topological polar surface area (TPSA) is 29.1 Å². The van der Waals surface area contributed by atoms with E-state index in [2.05, 4.69) is 24.4 Å². The third-order valence-corrected chi connectivity index (χ3v) is 2.92. The van der Waals surface area contributed by atoms with Gasteiger partial charge in [0.25, 0.3) is 0 Å². The second kappa shape index (κ2) is 7.83. The van der Waals surface area contributed by atoms with Gasteiger partial charge < -0.3 is 5.32 Å². The van der Waals surface area contributed by atoms with Crippen molar-refractivity contribution >= 4 is 11.9 Å². The normalized spacial score (nSPS) is 18.5. The van der Waals surface area contributed by atoms with Gasteiger partial charge in [-0.25, -0.2) is 0 Å². The molecule has 2 heteroatoms. The number of hydrogen-bond acceptors (Lipinski definition) is 2. The molecule has 1 aromatic carbocycles. The van der Waals surface area contributed by atoms with Gasteiger partial charge in [-0.2, -0.15) is 0 Å². The summed E-state index contributed by atoms with van der Waals surface area (Å²) in [5.74, 6) is 0.193. The molecule has 0 radical (unpaired) electrons. The fraction of sp³-hybridized carbons (Fsp3) is 0.438. The fourth-order valence-corrected chi connectivity index (χ4v) is 1.90. The summed E-state index contributed by atoms with van der Waals surface area (Å²) in [5.41, 5.74) is 2.32. The third kappa shape index (κ3) is 4.46. The van der Waals surface area contributed by atoms with E-state index < -0.39 is 0 Å². The lowest BCUT2D eigenvalue weighted by Crippen LogP contribution is -2.29. The minimum Gasteiger partial charge on any atom is -0.307 e. The van der Waals surface area contributed by atoms with Crippen LogP contribution in [-0.4, -0.2) is 18.4 Å². The van der Waals surface area contributed by atoms with Gasteiger partial charge in [-0.1, -0.05) is 49.8 Å². The van der Waals surface area contributed by atoms with Crippen molar-refractivity contribution in [2.45, 2.75) is 39.7 Å². The first kappa shape index (κ1) is 14.7. The predicted octanol–water partition coefficient (Wildman–Crippen LogP) is 3.36. The van der Waals surface area contributed by atoms with Crippen LogP contribution in [0.1, 0.15) is 37.8 Å². The van der Waals surface area contributed by atoms with E-state index in [0.29, 0.717) is 0 Å². The Morgan fingerprint density at radius 3 is 2.50 bits per heavy atom. The zero-order chi connectivity index (χ0) is 13.4. The second-order valence-corrected chi connectivity index (χ2v) is 4.30. The van der Waals surface area contributed by atoms with Crippen LogP contribution < -0.4 is 5.32 Å². The highest BCUT2D eigenvalue weighted by Crippen LogP contribution is 2.09. The van der Waals surface area contributed by atoms with Crippen molar-refractivity contribution in [3.05, 3.63) is 41.5 Å². The van der Waals surface area contributed by atoms with Crippen molar-refractivity contribution in [3.8, 4) is 0 Å². The molecule has 0 aliphatic carbocycles. The summed E-state index contributed by atoms with van der Waals surface area (Å²) in [6.07, 6.45) is 5.65. The first-order valence-electron chi connectivity index (χ1n) is 6.78. The van der Waals surface area contributed by atoms with Crippen molar-refractivity contribution < 1.29 is 4.79 Å². The number of benzene rings is 1. The monoisotopic (exact) mass is 245 g/mol. The largest absolute Gasteiger partial charge is 0.307 e. The number of hydrogen-bond donors (Lipinski definition) is 1. The fourth-order valence-electron chi connectivity index (χ4n) is 1.90. The summed E-state index contributed by atoms with van der Waals surface area (Å²) in [7, 11) is 0. The highest BCUT2D eigenvalue weighted by atomic mass is 16.1. The van der Waals surface area contributed by atoms with E-state index in [1.165, 1.54) is 5.56 Å². The lowest BCUT2D eigenvalue weighted by atomic mass is 10.1. The van der Waals surface area contributed by atoms with E-state index in [4.69, 9.17) is 0 Å². The Morgan fingerprint density at radius 2 is 1.94 bits per heavy atom. The summed E-state index contributed by atoms with van der Waals surface area (Å²) in [6, 6.07) is 8.21. The van der Waals surface area contributed by atoms with Crippen LogP contribution in [0, 0.1) is 6.92 Å². The molecule has 98 valence electrons. The molecule has 1 atom stereocenters. The molecule has 1 aromatic rings. The molecule has 1 aliphatic heterocycles. The number of nitrogens with one attached hydrogen (secondary N) is 1. The van der Waals surface area contributed by atoms with Gasteiger partial charge in [-0.05, 0) is 37.9 Å². The Labute approximate surface area is 110 Å². The SMILES string of the molecule is CC.Cc1ccc(/C=C/C(=O)C2CCCN2)cc1. The Kier molecular flexibility index (Phi) is 6.37. The summed E-state index contributed by atoms with van der Waals surface area (Å²) >= 11 is 0. The van der Waals surface area contributed by atoms with Gasteiger partial charge in [0, 0.05) is 0 Å². The van der Waals surface area contributed by atoms with E-state index in [-0.39, 0.29) is 11.8 Å². The van der Waals surface area contributed by atoms with Crippen molar-refractivity contribution in [2.24, 2.45) is 0 Å². The quantitative estimate of drug-likeness (QED) is 0.827. The summed E-state index contributed by atoms with van der Waals surface area (Å²) in [6.45, 7) is 7.02. The zero-order valence-electron chi connectivity index (χ0n) is 11.6. The molecule has 2 nitrogen and oxygen atoms in total.